The Morgan fingerprint density at radius 3 is 2.51 bits per heavy atom. The first-order valence-electron chi connectivity index (χ1n) is 12.0. The van der Waals surface area contributed by atoms with Crippen LogP contribution in [0.5, 0.6) is 0 Å². The molecule has 184 valence electrons. The van der Waals surface area contributed by atoms with Gasteiger partial charge in [0.25, 0.3) is 15.9 Å². The average Bonchev–Trinajstić information content (AvgIpc) is 3.50. The minimum absolute atomic E-state index is 0.0870. The van der Waals surface area contributed by atoms with E-state index < -0.39 is 10.0 Å². The summed E-state index contributed by atoms with van der Waals surface area (Å²) in [6, 6.07) is 28.6. The molecule has 0 spiro atoms. The Morgan fingerprint density at radius 2 is 1.70 bits per heavy atom. The maximum absolute atomic E-state index is 13.6. The first-order chi connectivity index (χ1) is 17.9. The Bertz CT molecular complexity index is 1710. The normalized spacial score (nSPS) is 15.1. The van der Waals surface area contributed by atoms with Crippen LogP contribution in [-0.2, 0) is 16.4 Å². The van der Waals surface area contributed by atoms with Crippen molar-refractivity contribution in [3.63, 3.8) is 0 Å². The van der Waals surface area contributed by atoms with Gasteiger partial charge in [0, 0.05) is 22.9 Å². The van der Waals surface area contributed by atoms with E-state index in [-0.39, 0.29) is 22.4 Å². The molecule has 5 aromatic rings. The zero-order valence-corrected chi connectivity index (χ0v) is 20.9. The molecule has 4 aromatic carbocycles. The maximum Gasteiger partial charge on any atom is 0.264 e. The summed E-state index contributed by atoms with van der Waals surface area (Å²) in [5.74, 6) is 0.359. The van der Waals surface area contributed by atoms with Gasteiger partial charge in [-0.15, -0.1) is 0 Å². The number of nitrogens with one attached hydrogen (secondary N) is 2. The van der Waals surface area contributed by atoms with E-state index in [4.69, 9.17) is 0 Å². The summed E-state index contributed by atoms with van der Waals surface area (Å²) < 4.78 is 28.6. The van der Waals surface area contributed by atoms with Gasteiger partial charge < -0.3 is 10.3 Å². The van der Waals surface area contributed by atoms with Gasteiger partial charge in [0.1, 0.15) is 5.82 Å². The van der Waals surface area contributed by atoms with Gasteiger partial charge in [0.2, 0.25) is 0 Å². The lowest BCUT2D eigenvalue weighted by Crippen LogP contribution is -2.35. The zero-order chi connectivity index (χ0) is 25.6. The van der Waals surface area contributed by atoms with Gasteiger partial charge in [-0.25, -0.2) is 13.4 Å². The van der Waals surface area contributed by atoms with Crippen molar-refractivity contribution in [2.75, 3.05) is 9.62 Å². The molecule has 6 rings (SSSR count). The summed E-state index contributed by atoms with van der Waals surface area (Å²) in [6.07, 6.45) is 0.652. The minimum atomic E-state index is -3.83. The number of imidazole rings is 1. The molecule has 1 aliphatic heterocycles. The van der Waals surface area contributed by atoms with E-state index in [0.29, 0.717) is 17.8 Å². The van der Waals surface area contributed by atoms with Crippen molar-refractivity contribution in [1.82, 2.24) is 9.97 Å². The van der Waals surface area contributed by atoms with Crippen LogP contribution in [0.4, 0.5) is 11.4 Å². The van der Waals surface area contributed by atoms with Crippen molar-refractivity contribution in [1.29, 1.82) is 0 Å². The number of hydrogen-bond acceptors (Lipinski definition) is 4. The largest absolute Gasteiger partial charge is 0.338 e. The second kappa shape index (κ2) is 8.90. The third-order valence-corrected chi connectivity index (χ3v) is 8.53. The van der Waals surface area contributed by atoms with Gasteiger partial charge in [0.05, 0.1) is 21.6 Å². The molecular formula is C29H24N4O3S. The van der Waals surface area contributed by atoms with Crippen molar-refractivity contribution in [2.45, 2.75) is 24.3 Å². The third-order valence-electron chi connectivity index (χ3n) is 6.60. The van der Waals surface area contributed by atoms with E-state index in [1.807, 2.05) is 67.6 Å². The fourth-order valence-corrected chi connectivity index (χ4v) is 6.56. The number of aromatic nitrogens is 2. The SMILES string of the molecule is C[C@H]1Cc2ccccc2N1S(=O)(=O)c1cccc(C(=O)Nc2ccc(-c3nc4ccccc4[nH]3)cc2)c1. The highest BCUT2D eigenvalue weighted by molar-refractivity contribution is 7.92. The van der Waals surface area contributed by atoms with E-state index in [0.717, 1.165) is 28.0 Å². The molecule has 7 nitrogen and oxygen atoms in total. The highest BCUT2D eigenvalue weighted by Gasteiger charge is 2.36. The molecule has 0 aliphatic carbocycles. The number of aromatic amines is 1. The van der Waals surface area contributed by atoms with Crippen LogP contribution in [0.3, 0.4) is 0 Å². The van der Waals surface area contributed by atoms with E-state index >= 15 is 0 Å². The van der Waals surface area contributed by atoms with E-state index in [1.165, 1.54) is 16.4 Å². The van der Waals surface area contributed by atoms with E-state index in [1.54, 1.807) is 24.3 Å². The van der Waals surface area contributed by atoms with Crippen LogP contribution in [0.2, 0.25) is 0 Å². The number of H-pyrrole nitrogens is 1. The summed E-state index contributed by atoms with van der Waals surface area (Å²) in [5, 5.41) is 2.86. The van der Waals surface area contributed by atoms with Crippen molar-refractivity contribution in [3.05, 3.63) is 108 Å². The van der Waals surface area contributed by atoms with Gasteiger partial charge >= 0.3 is 0 Å². The Kier molecular flexibility index (Phi) is 5.53. The van der Waals surface area contributed by atoms with Crippen molar-refractivity contribution >= 4 is 38.3 Å². The Hall–Kier alpha value is -4.43. The molecule has 0 unspecified atom stereocenters. The average molecular weight is 509 g/mol. The maximum atomic E-state index is 13.6. The van der Waals surface area contributed by atoms with Crippen LogP contribution in [0.15, 0.2) is 102 Å². The lowest BCUT2D eigenvalue weighted by molar-refractivity contribution is 0.102. The molecule has 2 heterocycles. The topological polar surface area (TPSA) is 95.2 Å². The van der Waals surface area contributed by atoms with Crippen LogP contribution in [0.25, 0.3) is 22.4 Å². The molecule has 1 aliphatic rings. The highest BCUT2D eigenvalue weighted by atomic mass is 32.2. The summed E-state index contributed by atoms with van der Waals surface area (Å²) >= 11 is 0. The van der Waals surface area contributed by atoms with Crippen LogP contribution in [0.1, 0.15) is 22.8 Å². The molecule has 37 heavy (non-hydrogen) atoms. The molecule has 0 bridgehead atoms. The van der Waals surface area contributed by atoms with Crippen LogP contribution >= 0.6 is 0 Å². The highest BCUT2D eigenvalue weighted by Crippen LogP contribution is 2.36. The van der Waals surface area contributed by atoms with Crippen molar-refractivity contribution in [3.8, 4) is 11.4 Å². The fraction of sp³-hybridized carbons (Fsp3) is 0.103. The molecule has 8 heteroatoms. The monoisotopic (exact) mass is 508 g/mol. The minimum Gasteiger partial charge on any atom is -0.338 e. The number of carbonyl (C=O) groups is 1. The van der Waals surface area contributed by atoms with Gasteiger partial charge in [-0.1, -0.05) is 36.4 Å². The lowest BCUT2D eigenvalue weighted by Gasteiger charge is -2.24. The lowest BCUT2D eigenvalue weighted by atomic mass is 10.1. The van der Waals surface area contributed by atoms with Crippen molar-refractivity contribution in [2.24, 2.45) is 0 Å². The van der Waals surface area contributed by atoms with Crippen molar-refractivity contribution < 1.29 is 13.2 Å². The van der Waals surface area contributed by atoms with Crippen LogP contribution in [-0.4, -0.2) is 30.3 Å². The number of fused-ring (bicyclic) bond motifs is 2. The standard InChI is InChI=1S/C29H24N4O3S/c1-19-17-21-7-2-5-12-27(21)33(19)37(35,36)24-9-6-8-22(18-24)29(34)30-23-15-13-20(14-16-23)28-31-25-10-3-4-11-26(25)32-28/h2-16,18-19H,17H2,1H3,(H,30,34)(H,31,32)/t19-/m0/s1. The molecule has 0 fully saturated rings. The predicted octanol–water partition coefficient (Wildman–Crippen LogP) is 5.62. The predicted molar refractivity (Wildman–Crippen MR) is 145 cm³/mol. The second-order valence-corrected chi connectivity index (χ2v) is 11.0. The van der Waals surface area contributed by atoms with E-state index in [2.05, 4.69) is 15.3 Å². The number of sulfonamides is 1. The second-order valence-electron chi connectivity index (χ2n) is 9.14. The van der Waals surface area contributed by atoms with Gasteiger partial charge in [-0.05, 0) is 79.6 Å². The summed E-state index contributed by atoms with van der Waals surface area (Å²) in [4.78, 5) is 21.0. The van der Waals surface area contributed by atoms with Crippen LogP contribution < -0.4 is 9.62 Å². The summed E-state index contributed by atoms with van der Waals surface area (Å²) in [5.41, 5.74) is 5.28. The molecule has 1 atom stereocenters. The van der Waals surface area contributed by atoms with E-state index in [9.17, 15) is 13.2 Å². The number of amides is 1. The quantitative estimate of drug-likeness (QED) is 0.322. The van der Waals surface area contributed by atoms with Crippen LogP contribution in [0, 0.1) is 0 Å². The first-order valence-corrected chi connectivity index (χ1v) is 13.4. The summed E-state index contributed by atoms with van der Waals surface area (Å²) in [6.45, 7) is 1.89. The number of anilines is 2. The molecule has 1 aromatic heterocycles. The number of hydrogen-bond donors (Lipinski definition) is 2. The molecule has 2 N–H and O–H groups in total. The smallest absolute Gasteiger partial charge is 0.264 e. The number of nitrogens with zero attached hydrogens (tertiary/aromatic N) is 2. The zero-order valence-electron chi connectivity index (χ0n) is 20.0. The molecular weight excluding hydrogens is 484 g/mol. The number of carbonyl (C=O) groups excluding carboxylic acids is 1. The molecule has 0 saturated heterocycles. The number of para-hydroxylation sites is 3. The number of rotatable bonds is 5. The van der Waals surface area contributed by atoms with Gasteiger partial charge in [-0.3, -0.25) is 9.10 Å². The Balaban J connectivity index is 1.22. The molecule has 1 amide bonds. The fourth-order valence-electron chi connectivity index (χ4n) is 4.82. The van der Waals surface area contributed by atoms with Gasteiger partial charge in [-0.2, -0.15) is 0 Å². The molecule has 0 radical (unpaired) electrons. The molecule has 0 saturated carbocycles. The Labute approximate surface area is 214 Å². The third kappa shape index (κ3) is 4.15. The Morgan fingerprint density at radius 1 is 0.946 bits per heavy atom. The number of benzene rings is 4. The summed E-state index contributed by atoms with van der Waals surface area (Å²) in [7, 11) is -3.83. The first kappa shape index (κ1) is 23.0. The van der Waals surface area contributed by atoms with Gasteiger partial charge in [0.15, 0.2) is 0 Å².